The second-order valence-electron chi connectivity index (χ2n) is 11.3. The van der Waals surface area contributed by atoms with Crippen LogP contribution in [0.15, 0.2) is 60.7 Å². The second-order valence-corrected chi connectivity index (χ2v) is 11.3. The summed E-state index contributed by atoms with van der Waals surface area (Å²) in [6.45, 7) is 7.83. The summed E-state index contributed by atoms with van der Waals surface area (Å²) in [5, 5.41) is 19.7. The molecule has 0 heterocycles. The summed E-state index contributed by atoms with van der Waals surface area (Å²) < 4.78 is 5.33. The summed E-state index contributed by atoms with van der Waals surface area (Å²) in [7, 11) is 0. The fourth-order valence-corrected chi connectivity index (χ4v) is 4.20. The molecule has 5 atom stereocenters. The van der Waals surface area contributed by atoms with Crippen molar-refractivity contribution < 1.29 is 33.8 Å². The smallest absolute Gasteiger partial charge is 0.328 e. The molecule has 2 aromatic carbocycles. The monoisotopic (exact) mass is 611 g/mol. The van der Waals surface area contributed by atoms with E-state index in [1.54, 1.807) is 52.0 Å². The lowest BCUT2D eigenvalue weighted by Gasteiger charge is -2.29. The Hall–Kier alpha value is -4.29. The number of hydrogen-bond acceptors (Lipinski definition) is 8. The highest BCUT2D eigenvalue weighted by Crippen LogP contribution is 2.10. The van der Waals surface area contributed by atoms with Crippen molar-refractivity contribution in [3.05, 3.63) is 71.8 Å². The van der Waals surface area contributed by atoms with E-state index in [0.29, 0.717) is 0 Å². The molecule has 0 bridgehead atoms. The van der Waals surface area contributed by atoms with Gasteiger partial charge in [0.25, 0.3) is 0 Å². The number of benzene rings is 2. The molecule has 12 heteroatoms. The second kappa shape index (κ2) is 17.7. The van der Waals surface area contributed by atoms with Gasteiger partial charge in [-0.15, -0.1) is 0 Å². The van der Waals surface area contributed by atoms with Crippen molar-refractivity contribution in [3.8, 4) is 0 Å². The molecule has 7 N–H and O–H groups in total. The zero-order valence-corrected chi connectivity index (χ0v) is 25.9. The van der Waals surface area contributed by atoms with Crippen molar-refractivity contribution in [2.24, 2.45) is 17.6 Å². The first-order chi connectivity index (χ1) is 20.8. The molecule has 0 fully saturated rings. The van der Waals surface area contributed by atoms with Crippen molar-refractivity contribution in [2.45, 2.75) is 77.9 Å². The van der Waals surface area contributed by atoms with Crippen LogP contribution in [0.4, 0.5) is 0 Å². The third-order valence-corrected chi connectivity index (χ3v) is 6.88. The Kier molecular flexibility index (Phi) is 14.5. The summed E-state index contributed by atoms with van der Waals surface area (Å²) in [4.78, 5) is 65.0. The summed E-state index contributed by atoms with van der Waals surface area (Å²) in [5.74, 6) is -3.94. The van der Waals surface area contributed by atoms with Gasteiger partial charge in [0.1, 0.15) is 36.8 Å². The van der Waals surface area contributed by atoms with Crippen molar-refractivity contribution in [1.82, 2.24) is 21.3 Å². The van der Waals surface area contributed by atoms with Crippen LogP contribution in [-0.4, -0.2) is 71.5 Å². The Bertz CT molecular complexity index is 1240. The first-order valence-electron chi connectivity index (χ1n) is 14.7. The highest BCUT2D eigenvalue weighted by Gasteiger charge is 2.33. The van der Waals surface area contributed by atoms with Crippen LogP contribution in [0.1, 0.15) is 45.7 Å². The van der Waals surface area contributed by atoms with Crippen LogP contribution in [0, 0.1) is 11.8 Å². The van der Waals surface area contributed by atoms with Gasteiger partial charge in [0.2, 0.25) is 23.6 Å². The van der Waals surface area contributed by atoms with Crippen LogP contribution in [0.3, 0.4) is 0 Å². The molecule has 12 nitrogen and oxygen atoms in total. The Morgan fingerprint density at radius 1 is 0.682 bits per heavy atom. The summed E-state index contributed by atoms with van der Waals surface area (Å²) in [5.41, 5.74) is 7.14. The molecule has 240 valence electrons. The lowest BCUT2D eigenvalue weighted by atomic mass is 9.98. The van der Waals surface area contributed by atoms with Gasteiger partial charge in [-0.05, 0) is 29.9 Å². The SMILES string of the molecule is CC(C)[C@H](NC(=O)[C@@H](NC(=O)[C@@H](N)CO)C(C)C)C(=O)N[C@@H](Cc1ccccc1)C(=O)N[C@@H](C)C(=O)OCc1ccccc1. The van der Waals surface area contributed by atoms with E-state index < -0.39 is 72.3 Å². The van der Waals surface area contributed by atoms with Gasteiger partial charge in [0, 0.05) is 6.42 Å². The van der Waals surface area contributed by atoms with E-state index in [-0.39, 0.29) is 18.9 Å². The Labute approximate surface area is 258 Å². The largest absolute Gasteiger partial charge is 0.459 e. The molecule has 0 aliphatic carbocycles. The zero-order valence-electron chi connectivity index (χ0n) is 25.9. The molecule has 0 saturated heterocycles. The molecule has 0 unspecified atom stereocenters. The Morgan fingerprint density at radius 2 is 1.16 bits per heavy atom. The summed E-state index contributed by atoms with van der Waals surface area (Å²) in [6, 6.07) is 12.8. The van der Waals surface area contributed by atoms with Gasteiger partial charge in [-0.2, -0.15) is 0 Å². The number of esters is 1. The first kappa shape index (κ1) is 35.9. The van der Waals surface area contributed by atoms with Gasteiger partial charge < -0.3 is 36.8 Å². The van der Waals surface area contributed by atoms with Gasteiger partial charge in [0.15, 0.2) is 0 Å². The van der Waals surface area contributed by atoms with Crippen LogP contribution in [-0.2, 0) is 41.7 Å². The van der Waals surface area contributed by atoms with E-state index in [2.05, 4.69) is 21.3 Å². The van der Waals surface area contributed by atoms with Gasteiger partial charge in [-0.25, -0.2) is 4.79 Å². The van der Waals surface area contributed by atoms with Crippen LogP contribution < -0.4 is 27.0 Å². The van der Waals surface area contributed by atoms with Crippen LogP contribution in [0.25, 0.3) is 0 Å². The van der Waals surface area contributed by atoms with Gasteiger partial charge in [0.05, 0.1) is 6.61 Å². The lowest BCUT2D eigenvalue weighted by Crippen LogP contribution is -2.60. The highest BCUT2D eigenvalue weighted by atomic mass is 16.5. The number of rotatable bonds is 16. The van der Waals surface area contributed by atoms with Gasteiger partial charge in [-0.1, -0.05) is 88.4 Å². The molecular weight excluding hydrogens is 566 g/mol. The summed E-state index contributed by atoms with van der Waals surface area (Å²) in [6.07, 6.45) is 0.118. The lowest BCUT2D eigenvalue weighted by molar-refractivity contribution is -0.148. The Balaban J connectivity index is 2.16. The number of nitrogens with one attached hydrogen (secondary N) is 4. The molecular formula is C32H45N5O7. The molecule has 44 heavy (non-hydrogen) atoms. The minimum absolute atomic E-state index is 0.0452. The number of nitrogens with two attached hydrogens (primary N) is 1. The number of amides is 4. The molecule has 0 aliphatic rings. The van der Waals surface area contributed by atoms with Crippen LogP contribution >= 0.6 is 0 Å². The molecule has 2 aromatic rings. The van der Waals surface area contributed by atoms with Crippen molar-refractivity contribution in [1.29, 1.82) is 0 Å². The fourth-order valence-electron chi connectivity index (χ4n) is 4.20. The van der Waals surface area contributed by atoms with Crippen molar-refractivity contribution in [2.75, 3.05) is 6.61 Å². The molecule has 0 spiro atoms. The third-order valence-electron chi connectivity index (χ3n) is 6.88. The van der Waals surface area contributed by atoms with Crippen molar-refractivity contribution in [3.63, 3.8) is 0 Å². The van der Waals surface area contributed by atoms with E-state index in [1.807, 2.05) is 36.4 Å². The molecule has 0 radical (unpaired) electrons. The fraction of sp³-hybridized carbons (Fsp3) is 0.469. The molecule has 0 saturated carbocycles. The number of carbonyl (C=O) groups is 5. The minimum atomic E-state index is -1.21. The zero-order chi connectivity index (χ0) is 32.8. The van der Waals surface area contributed by atoms with Crippen molar-refractivity contribution >= 4 is 29.6 Å². The third kappa shape index (κ3) is 11.4. The predicted octanol–water partition coefficient (Wildman–Crippen LogP) is 0.563. The topological polar surface area (TPSA) is 189 Å². The first-order valence-corrected chi connectivity index (χ1v) is 14.7. The predicted molar refractivity (Wildman–Crippen MR) is 165 cm³/mol. The Morgan fingerprint density at radius 3 is 1.66 bits per heavy atom. The van der Waals surface area contributed by atoms with E-state index in [4.69, 9.17) is 10.5 Å². The average Bonchev–Trinajstić information content (AvgIpc) is 3.00. The maximum absolute atomic E-state index is 13.5. The number of aliphatic hydroxyl groups is 1. The highest BCUT2D eigenvalue weighted by molar-refractivity contribution is 5.95. The number of hydrogen-bond donors (Lipinski definition) is 6. The standard InChI is InChI=1S/C32H45N5O7/c1-19(2)26(37-31(42)27(20(3)4)36-28(39)24(33)17-38)30(41)35-25(16-22-12-8-6-9-13-22)29(40)34-21(5)32(43)44-18-23-14-10-7-11-15-23/h6-15,19-21,24-27,38H,16-18,33H2,1-5H3,(H,34,40)(H,35,41)(H,36,39)(H,37,42)/t21-,24-,25-,26-,27-/m0/s1. The van der Waals surface area contributed by atoms with Gasteiger partial charge in [-0.3, -0.25) is 19.2 Å². The maximum Gasteiger partial charge on any atom is 0.328 e. The average molecular weight is 612 g/mol. The van der Waals surface area contributed by atoms with E-state index >= 15 is 0 Å². The number of aliphatic hydroxyl groups excluding tert-OH is 1. The molecule has 0 aliphatic heterocycles. The molecule has 2 rings (SSSR count). The number of ether oxygens (including phenoxy) is 1. The minimum Gasteiger partial charge on any atom is -0.459 e. The maximum atomic E-state index is 13.5. The van der Waals surface area contributed by atoms with Crippen LogP contribution in [0.2, 0.25) is 0 Å². The normalized spacial score (nSPS) is 14.5. The molecule has 4 amide bonds. The quantitative estimate of drug-likeness (QED) is 0.149. The van der Waals surface area contributed by atoms with E-state index in [0.717, 1.165) is 11.1 Å². The van der Waals surface area contributed by atoms with Gasteiger partial charge >= 0.3 is 5.97 Å². The van der Waals surface area contributed by atoms with E-state index in [9.17, 15) is 29.1 Å². The molecule has 0 aromatic heterocycles. The number of carbonyl (C=O) groups excluding carboxylic acids is 5. The summed E-state index contributed by atoms with van der Waals surface area (Å²) >= 11 is 0. The van der Waals surface area contributed by atoms with E-state index in [1.165, 1.54) is 6.92 Å². The van der Waals surface area contributed by atoms with Crippen LogP contribution in [0.5, 0.6) is 0 Å².